The van der Waals surface area contributed by atoms with Gasteiger partial charge in [0.15, 0.2) is 0 Å². The maximum Gasteiger partial charge on any atom is 0.442 e. The summed E-state index contributed by atoms with van der Waals surface area (Å²) in [4.78, 5) is 22.2. The van der Waals surface area contributed by atoms with Crippen LogP contribution in [0, 0.1) is 10.1 Å². The molecule has 1 aromatic heterocycles. The predicted molar refractivity (Wildman–Crippen MR) is 105 cm³/mol. The van der Waals surface area contributed by atoms with Crippen molar-refractivity contribution in [2.24, 2.45) is 0 Å². The number of rotatable bonds is 5. The van der Waals surface area contributed by atoms with Gasteiger partial charge in [-0.05, 0) is 34.4 Å². The molecule has 0 saturated heterocycles. The van der Waals surface area contributed by atoms with E-state index in [4.69, 9.17) is 4.42 Å². The van der Waals surface area contributed by atoms with Crippen LogP contribution in [-0.2, 0) is 11.2 Å². The number of nitrogens with zero attached hydrogens (tertiary/aromatic N) is 1. The Labute approximate surface area is 159 Å². The fourth-order valence-electron chi connectivity index (χ4n) is 3.38. The van der Waals surface area contributed by atoms with Crippen molar-refractivity contribution in [3.8, 4) is 22.3 Å². The summed E-state index contributed by atoms with van der Waals surface area (Å²) in [6, 6.07) is 21.6. The van der Waals surface area contributed by atoms with E-state index in [1.54, 1.807) is 36.4 Å². The molecule has 1 N–H and O–H groups in total. The molecule has 28 heavy (non-hydrogen) atoms. The number of furan rings is 1. The number of hydrogen-bond acceptors (Lipinski definition) is 4. The molecule has 6 heteroatoms. The van der Waals surface area contributed by atoms with Crippen LogP contribution in [0.25, 0.3) is 33.2 Å². The summed E-state index contributed by atoms with van der Waals surface area (Å²) in [5.74, 6) is -1.23. The highest BCUT2D eigenvalue weighted by Gasteiger charge is 2.25. The highest BCUT2D eigenvalue weighted by Crippen LogP contribution is 2.41. The van der Waals surface area contributed by atoms with Gasteiger partial charge in [-0.15, -0.1) is 0 Å². The minimum atomic E-state index is -0.919. The average molecular weight is 373 g/mol. The zero-order chi connectivity index (χ0) is 19.7. The molecule has 0 aliphatic rings. The van der Waals surface area contributed by atoms with Crippen molar-refractivity contribution in [1.29, 1.82) is 0 Å². The van der Waals surface area contributed by atoms with Gasteiger partial charge < -0.3 is 9.52 Å². The summed E-state index contributed by atoms with van der Waals surface area (Å²) in [6.45, 7) is 0. The number of aliphatic carboxylic acids is 1. The second-order valence-electron chi connectivity index (χ2n) is 6.34. The van der Waals surface area contributed by atoms with Crippen LogP contribution in [0.3, 0.4) is 0 Å². The lowest BCUT2D eigenvalue weighted by atomic mass is 9.95. The second-order valence-corrected chi connectivity index (χ2v) is 6.34. The molecule has 0 unspecified atom stereocenters. The van der Waals surface area contributed by atoms with Gasteiger partial charge in [-0.2, -0.15) is 0 Å². The molecule has 0 fully saturated rings. The predicted octanol–water partition coefficient (Wildman–Crippen LogP) is 5.30. The molecule has 0 aliphatic carbocycles. The van der Waals surface area contributed by atoms with Gasteiger partial charge in [-0.25, -0.2) is 0 Å². The van der Waals surface area contributed by atoms with Crippen LogP contribution >= 0.6 is 0 Å². The Kier molecular flexibility index (Phi) is 4.37. The van der Waals surface area contributed by atoms with Gasteiger partial charge in [0, 0.05) is 5.39 Å². The maximum atomic E-state index is 11.5. The fraction of sp³-hybridized carbons (Fsp3) is 0.0455. The lowest BCUT2D eigenvalue weighted by Gasteiger charge is -2.08. The zero-order valence-electron chi connectivity index (χ0n) is 14.7. The van der Waals surface area contributed by atoms with E-state index in [1.165, 1.54) is 0 Å². The summed E-state index contributed by atoms with van der Waals surface area (Å²) in [6.07, 6.45) is -0.106. The third-order valence-corrected chi connectivity index (χ3v) is 4.57. The lowest BCUT2D eigenvalue weighted by Crippen LogP contribution is -2.01. The number of carbonyl (C=O) groups is 1. The highest BCUT2D eigenvalue weighted by atomic mass is 16.6. The molecule has 0 atom stereocenters. The summed E-state index contributed by atoms with van der Waals surface area (Å²) in [5.41, 5.74) is 3.73. The molecule has 0 radical (unpaired) electrons. The van der Waals surface area contributed by atoms with Crippen LogP contribution in [-0.4, -0.2) is 16.0 Å². The van der Waals surface area contributed by atoms with E-state index in [9.17, 15) is 20.0 Å². The van der Waals surface area contributed by atoms with Gasteiger partial charge in [-0.3, -0.25) is 14.9 Å². The van der Waals surface area contributed by atoms with Crippen molar-refractivity contribution < 1.29 is 19.2 Å². The van der Waals surface area contributed by atoms with Gasteiger partial charge in [-0.1, -0.05) is 60.7 Å². The Balaban J connectivity index is 1.96. The second kappa shape index (κ2) is 7.00. The molecular formula is C22H15NO5. The van der Waals surface area contributed by atoms with Crippen LogP contribution in [0.15, 0.2) is 77.2 Å². The number of hydrogen-bond donors (Lipinski definition) is 1. The van der Waals surface area contributed by atoms with Crippen LogP contribution in [0.2, 0.25) is 0 Å². The normalized spacial score (nSPS) is 10.9. The van der Waals surface area contributed by atoms with Gasteiger partial charge in [0.05, 0.1) is 6.42 Å². The monoisotopic (exact) mass is 373 g/mol. The smallest absolute Gasteiger partial charge is 0.442 e. The fourth-order valence-corrected chi connectivity index (χ4v) is 3.38. The molecule has 0 saturated carbocycles. The van der Waals surface area contributed by atoms with E-state index in [2.05, 4.69) is 0 Å². The molecule has 4 aromatic rings. The molecule has 0 aliphatic heterocycles. The molecule has 3 aromatic carbocycles. The molecule has 0 spiro atoms. The highest BCUT2D eigenvalue weighted by molar-refractivity contribution is 6.00. The third kappa shape index (κ3) is 3.12. The summed E-state index contributed by atoms with van der Waals surface area (Å²) in [5, 5.41) is 21.3. The SMILES string of the molecule is O=C(O)Cc1ccccc1-c1ccc2oc([N+](=O)[O-])c(-c3ccccc3)c2c1. The minimum absolute atomic E-state index is 0.106. The van der Waals surface area contributed by atoms with Crippen LogP contribution in [0.5, 0.6) is 0 Å². The largest absolute Gasteiger partial charge is 0.481 e. The number of carboxylic acids is 1. The van der Waals surface area contributed by atoms with E-state index in [1.807, 2.05) is 36.4 Å². The van der Waals surface area contributed by atoms with Crippen molar-refractivity contribution in [3.05, 3.63) is 88.5 Å². The van der Waals surface area contributed by atoms with Gasteiger partial charge in [0.2, 0.25) is 0 Å². The molecule has 138 valence electrons. The molecule has 4 rings (SSSR count). The molecular weight excluding hydrogens is 358 g/mol. The van der Waals surface area contributed by atoms with Crippen molar-refractivity contribution in [2.45, 2.75) is 6.42 Å². The van der Waals surface area contributed by atoms with Gasteiger partial charge in [0.1, 0.15) is 16.1 Å². The van der Waals surface area contributed by atoms with Crippen molar-refractivity contribution in [1.82, 2.24) is 0 Å². The molecule has 1 heterocycles. The molecule has 0 bridgehead atoms. The van der Waals surface area contributed by atoms with Crippen molar-refractivity contribution >= 4 is 22.8 Å². The number of fused-ring (bicyclic) bond motifs is 1. The number of benzene rings is 3. The maximum absolute atomic E-state index is 11.5. The Morgan fingerprint density at radius 1 is 0.964 bits per heavy atom. The van der Waals surface area contributed by atoms with E-state index in [0.29, 0.717) is 27.7 Å². The van der Waals surface area contributed by atoms with Crippen LogP contribution in [0.4, 0.5) is 5.88 Å². The topological polar surface area (TPSA) is 93.6 Å². The Bertz CT molecular complexity index is 1190. The Morgan fingerprint density at radius 2 is 1.68 bits per heavy atom. The van der Waals surface area contributed by atoms with Crippen molar-refractivity contribution in [2.75, 3.05) is 0 Å². The first-order valence-electron chi connectivity index (χ1n) is 8.61. The quantitative estimate of drug-likeness (QED) is 0.378. The minimum Gasteiger partial charge on any atom is -0.481 e. The number of nitro groups is 1. The van der Waals surface area contributed by atoms with E-state index in [-0.39, 0.29) is 12.3 Å². The Morgan fingerprint density at radius 3 is 2.39 bits per heavy atom. The van der Waals surface area contributed by atoms with Crippen LogP contribution < -0.4 is 0 Å². The first-order chi connectivity index (χ1) is 13.5. The third-order valence-electron chi connectivity index (χ3n) is 4.57. The lowest BCUT2D eigenvalue weighted by molar-refractivity contribution is -0.400. The zero-order valence-corrected chi connectivity index (χ0v) is 14.7. The average Bonchev–Trinajstić information content (AvgIpc) is 3.08. The van der Waals surface area contributed by atoms with Gasteiger partial charge in [0.25, 0.3) is 0 Å². The first kappa shape index (κ1) is 17.5. The van der Waals surface area contributed by atoms with Gasteiger partial charge >= 0.3 is 11.9 Å². The molecule has 6 nitrogen and oxygen atoms in total. The summed E-state index contributed by atoms with van der Waals surface area (Å²) in [7, 11) is 0. The van der Waals surface area contributed by atoms with E-state index in [0.717, 1.165) is 11.1 Å². The first-order valence-corrected chi connectivity index (χ1v) is 8.61. The standard InChI is InChI=1S/C22H15NO5/c24-20(25)13-15-8-4-5-9-17(15)16-10-11-19-18(12-16)21(22(28-19)23(26)27)14-6-2-1-3-7-14/h1-12H,13H2,(H,24,25). The van der Waals surface area contributed by atoms with E-state index < -0.39 is 10.9 Å². The summed E-state index contributed by atoms with van der Waals surface area (Å²) >= 11 is 0. The molecule has 0 amide bonds. The Hall–Kier alpha value is -3.93. The van der Waals surface area contributed by atoms with Crippen molar-refractivity contribution in [3.63, 3.8) is 0 Å². The number of carboxylic acid groups (broad SMARTS) is 1. The van der Waals surface area contributed by atoms with E-state index >= 15 is 0 Å². The van der Waals surface area contributed by atoms with Crippen LogP contribution in [0.1, 0.15) is 5.56 Å². The summed E-state index contributed by atoms with van der Waals surface area (Å²) < 4.78 is 5.51.